The van der Waals surface area contributed by atoms with Crippen LogP contribution in [0.5, 0.6) is 0 Å². The van der Waals surface area contributed by atoms with Crippen LogP contribution in [0.25, 0.3) is 0 Å². The first kappa shape index (κ1) is 29.3. The van der Waals surface area contributed by atoms with Crippen molar-refractivity contribution in [1.29, 1.82) is 0 Å². The number of halogens is 1. The van der Waals surface area contributed by atoms with E-state index in [0.29, 0.717) is 39.3 Å². The average molecular weight is 275 g/mol. The van der Waals surface area contributed by atoms with Gasteiger partial charge in [-0.25, -0.2) is 0 Å². The average Bonchev–Trinajstić information content (AvgIpc) is 2.18. The standard InChI is InChI=1S/3C2H8N2.ClH.Co/c3*3-1-2-4;;/h3*1-4H2;1H;/q;;;;+2/p-1. The van der Waals surface area contributed by atoms with E-state index in [2.05, 4.69) is 0 Å². The van der Waals surface area contributed by atoms with Gasteiger partial charge in [0.1, 0.15) is 0 Å². The van der Waals surface area contributed by atoms with Gasteiger partial charge in [-0.05, 0) is 0 Å². The topological polar surface area (TPSA) is 156 Å². The zero-order valence-electron chi connectivity index (χ0n) is 8.42. The molecule has 12 N–H and O–H groups in total. The molecule has 0 amide bonds. The fourth-order valence-corrected chi connectivity index (χ4v) is 0. The van der Waals surface area contributed by atoms with Crippen LogP contribution in [-0.4, -0.2) is 39.3 Å². The number of nitrogens with two attached hydrogens (primary N) is 6. The Morgan fingerprint density at radius 3 is 0.500 bits per heavy atom. The van der Waals surface area contributed by atoms with E-state index in [1.807, 2.05) is 0 Å². The van der Waals surface area contributed by atoms with Gasteiger partial charge >= 0.3 is 16.8 Å². The molecule has 14 heavy (non-hydrogen) atoms. The van der Waals surface area contributed by atoms with Crippen molar-refractivity contribution in [2.75, 3.05) is 39.3 Å². The first-order chi connectivity index (χ1) is 5.74. The maximum absolute atomic E-state index is 4.90. The maximum atomic E-state index is 4.90. The van der Waals surface area contributed by atoms with Crippen molar-refractivity contribution >= 4 is 0 Å². The van der Waals surface area contributed by atoms with E-state index in [1.165, 1.54) is 0 Å². The van der Waals surface area contributed by atoms with Gasteiger partial charge in [0.15, 0.2) is 0 Å². The molecule has 0 aromatic rings. The second kappa shape index (κ2) is 49.7. The zero-order chi connectivity index (χ0) is 10.2. The molecule has 0 aromatic heterocycles. The van der Waals surface area contributed by atoms with Crippen molar-refractivity contribution in [3.05, 3.63) is 0 Å². The summed E-state index contributed by atoms with van der Waals surface area (Å²) in [6.45, 7) is 3.58. The van der Waals surface area contributed by atoms with E-state index in [4.69, 9.17) is 34.4 Å². The zero-order valence-corrected chi connectivity index (χ0v) is 10.2. The first-order valence-electron chi connectivity index (χ1n) is 3.95. The number of hydrogen-bond donors (Lipinski definition) is 6. The quantitative estimate of drug-likeness (QED) is 0.301. The van der Waals surface area contributed by atoms with Gasteiger partial charge in [-0.2, -0.15) is 0 Å². The first-order valence-corrected chi connectivity index (χ1v) is 3.95. The molecule has 0 aliphatic rings. The van der Waals surface area contributed by atoms with Crippen molar-refractivity contribution in [3.8, 4) is 0 Å². The van der Waals surface area contributed by atoms with Crippen LogP contribution in [0.1, 0.15) is 0 Å². The van der Waals surface area contributed by atoms with E-state index >= 15 is 0 Å². The molecule has 0 aliphatic heterocycles. The van der Waals surface area contributed by atoms with Crippen LogP contribution in [-0.2, 0) is 16.8 Å². The molecule has 0 aromatic carbocycles. The Bertz CT molecular complexity index is 37.8. The van der Waals surface area contributed by atoms with Crippen LogP contribution in [0.15, 0.2) is 0 Å². The molecule has 1 radical (unpaired) electrons. The van der Waals surface area contributed by atoms with Gasteiger partial charge in [0.2, 0.25) is 0 Å². The molecule has 0 heterocycles. The summed E-state index contributed by atoms with van der Waals surface area (Å²) in [6.07, 6.45) is 0. The Morgan fingerprint density at radius 2 is 0.500 bits per heavy atom. The third-order valence-corrected chi connectivity index (χ3v) is 0.500. The van der Waals surface area contributed by atoms with Crippen molar-refractivity contribution in [2.45, 2.75) is 0 Å². The van der Waals surface area contributed by atoms with Gasteiger partial charge in [0.05, 0.1) is 0 Å². The molecule has 8 heteroatoms. The summed E-state index contributed by atoms with van der Waals surface area (Å²) >= 11 is 0. The van der Waals surface area contributed by atoms with Crippen LogP contribution in [0.3, 0.4) is 0 Å². The molecule has 0 unspecified atom stereocenters. The fraction of sp³-hybridized carbons (Fsp3) is 1.00. The molecular weight excluding hydrogens is 250 g/mol. The summed E-state index contributed by atoms with van der Waals surface area (Å²) in [6, 6.07) is 0. The van der Waals surface area contributed by atoms with Crippen LogP contribution in [0.2, 0.25) is 0 Å². The Balaban J connectivity index is -0.0000000270. The van der Waals surface area contributed by atoms with Crippen molar-refractivity contribution in [2.24, 2.45) is 34.4 Å². The molecule has 93 valence electrons. The minimum absolute atomic E-state index is 0. The Morgan fingerprint density at radius 1 is 0.429 bits per heavy atom. The molecule has 0 rings (SSSR count). The second-order valence-corrected chi connectivity index (χ2v) is 1.73. The van der Waals surface area contributed by atoms with E-state index in [-0.39, 0.29) is 29.2 Å². The van der Waals surface area contributed by atoms with Gasteiger partial charge < -0.3 is 46.8 Å². The molecule has 0 atom stereocenters. The summed E-state index contributed by atoms with van der Waals surface area (Å²) < 4.78 is 0. The molecular formula is C6H24ClCoN6+. The fourth-order valence-electron chi connectivity index (χ4n) is 0. The van der Waals surface area contributed by atoms with E-state index in [9.17, 15) is 0 Å². The molecule has 0 saturated heterocycles. The molecule has 0 saturated carbocycles. The van der Waals surface area contributed by atoms with Gasteiger partial charge in [-0.3, -0.25) is 0 Å². The number of rotatable bonds is 3. The molecule has 0 bridgehead atoms. The van der Waals surface area contributed by atoms with E-state index < -0.39 is 0 Å². The maximum Gasteiger partial charge on any atom is 2.00 e. The molecule has 0 spiro atoms. The SMILES string of the molecule is NCCN.NCCN.NCCN.[Cl-].[Co+2]. The number of hydrogen-bond acceptors (Lipinski definition) is 6. The van der Waals surface area contributed by atoms with Crippen molar-refractivity contribution in [3.63, 3.8) is 0 Å². The summed E-state index contributed by atoms with van der Waals surface area (Å²) in [7, 11) is 0. The molecule has 0 aliphatic carbocycles. The Labute approximate surface area is 103 Å². The molecule has 6 nitrogen and oxygen atoms in total. The monoisotopic (exact) mass is 274 g/mol. The third-order valence-electron chi connectivity index (χ3n) is 0.500. The van der Waals surface area contributed by atoms with Gasteiger partial charge in [0, 0.05) is 39.3 Å². The Kier molecular flexibility index (Phi) is 104. The van der Waals surface area contributed by atoms with Crippen LogP contribution < -0.4 is 46.8 Å². The van der Waals surface area contributed by atoms with Crippen molar-refractivity contribution in [1.82, 2.24) is 0 Å². The van der Waals surface area contributed by atoms with Crippen LogP contribution in [0, 0.1) is 0 Å². The van der Waals surface area contributed by atoms with Gasteiger partial charge in [0.25, 0.3) is 0 Å². The second-order valence-electron chi connectivity index (χ2n) is 1.73. The van der Waals surface area contributed by atoms with Gasteiger partial charge in [-0.15, -0.1) is 0 Å². The van der Waals surface area contributed by atoms with E-state index in [1.54, 1.807) is 0 Å². The smallest absolute Gasteiger partial charge is 1.00 e. The summed E-state index contributed by atoms with van der Waals surface area (Å²) in [4.78, 5) is 0. The third kappa shape index (κ3) is 133. The summed E-state index contributed by atoms with van der Waals surface area (Å²) in [5.41, 5.74) is 29.4. The van der Waals surface area contributed by atoms with Crippen LogP contribution >= 0.6 is 0 Å². The Hall–Kier alpha value is 0.556. The molecule has 0 fully saturated rings. The normalized spacial score (nSPS) is 6.43. The minimum atomic E-state index is 0. The van der Waals surface area contributed by atoms with E-state index in [0.717, 1.165) is 0 Å². The summed E-state index contributed by atoms with van der Waals surface area (Å²) in [5, 5.41) is 0. The predicted molar refractivity (Wildman–Crippen MR) is 54.3 cm³/mol. The largest absolute Gasteiger partial charge is 2.00 e. The van der Waals surface area contributed by atoms with Gasteiger partial charge in [-0.1, -0.05) is 0 Å². The van der Waals surface area contributed by atoms with Crippen LogP contribution in [0.4, 0.5) is 0 Å². The predicted octanol–water partition coefficient (Wildman–Crippen LogP) is -6.29. The summed E-state index contributed by atoms with van der Waals surface area (Å²) in [5.74, 6) is 0. The minimum Gasteiger partial charge on any atom is -1.00 e. The van der Waals surface area contributed by atoms with Crippen molar-refractivity contribution < 1.29 is 29.2 Å².